The van der Waals surface area contributed by atoms with E-state index in [2.05, 4.69) is 34.6 Å². The summed E-state index contributed by atoms with van der Waals surface area (Å²) in [7, 11) is 0. The van der Waals surface area contributed by atoms with Gasteiger partial charge in [0, 0.05) is 0 Å². The maximum absolute atomic E-state index is 2.53. The van der Waals surface area contributed by atoms with Crippen molar-refractivity contribution in [1.82, 2.24) is 0 Å². The molecule has 0 aromatic rings. The predicted molar refractivity (Wildman–Crippen MR) is 94.4 cm³/mol. The van der Waals surface area contributed by atoms with Gasteiger partial charge >= 0.3 is 0 Å². The summed E-state index contributed by atoms with van der Waals surface area (Å²) in [6.07, 6.45) is 15.0. The summed E-state index contributed by atoms with van der Waals surface area (Å²) in [5, 5.41) is 0. The van der Waals surface area contributed by atoms with Gasteiger partial charge in [-0.05, 0) is 35.0 Å². The first-order valence-corrected chi connectivity index (χ1v) is 9.91. The molecular formula is C21H40. The normalized spacial score (nSPS) is 26.0. The summed E-state index contributed by atoms with van der Waals surface area (Å²) in [6.45, 7) is 12.6. The number of hydrogen-bond donors (Lipinski definition) is 0. The lowest BCUT2D eigenvalue weighted by molar-refractivity contribution is 0.000444. The zero-order chi connectivity index (χ0) is 15.5. The van der Waals surface area contributed by atoms with Gasteiger partial charge in [-0.1, -0.05) is 98.8 Å². The van der Waals surface area contributed by atoms with E-state index in [0.29, 0.717) is 5.41 Å². The smallest absolute Gasteiger partial charge is 0.0303 e. The zero-order valence-electron chi connectivity index (χ0n) is 15.5. The molecule has 0 aromatic heterocycles. The van der Waals surface area contributed by atoms with Crippen molar-refractivity contribution in [3.63, 3.8) is 0 Å². The summed E-state index contributed by atoms with van der Waals surface area (Å²) in [5.74, 6) is 4.80. The Morgan fingerprint density at radius 2 is 1.10 bits per heavy atom. The minimum Gasteiger partial charge on any atom is -0.0625 e. The maximum atomic E-state index is 2.53. The van der Waals surface area contributed by atoms with E-state index in [-0.39, 0.29) is 0 Å². The van der Waals surface area contributed by atoms with Crippen molar-refractivity contribution in [2.75, 3.05) is 0 Å². The number of rotatable bonds is 4. The minimum absolute atomic E-state index is 0.481. The lowest BCUT2D eigenvalue weighted by Crippen LogP contribution is -2.42. The summed E-state index contributed by atoms with van der Waals surface area (Å²) in [5.41, 5.74) is 0.481. The fraction of sp³-hybridized carbons (Fsp3) is 1.00. The van der Waals surface area contributed by atoms with Crippen molar-refractivity contribution >= 4 is 0 Å². The van der Waals surface area contributed by atoms with E-state index < -0.39 is 0 Å². The van der Waals surface area contributed by atoms with Crippen LogP contribution < -0.4 is 0 Å². The Labute approximate surface area is 134 Å². The molecule has 0 heteroatoms. The first kappa shape index (κ1) is 17.4. The van der Waals surface area contributed by atoms with Gasteiger partial charge < -0.3 is 0 Å². The van der Waals surface area contributed by atoms with E-state index in [9.17, 15) is 0 Å². The van der Waals surface area contributed by atoms with E-state index >= 15 is 0 Å². The molecule has 0 N–H and O–H groups in total. The second-order valence-corrected chi connectivity index (χ2v) is 9.51. The molecule has 0 saturated heterocycles. The van der Waals surface area contributed by atoms with Gasteiger partial charge in [0.25, 0.3) is 0 Å². The Kier molecular flexibility index (Phi) is 6.21. The van der Waals surface area contributed by atoms with E-state index in [1.54, 1.807) is 0 Å². The lowest BCUT2D eigenvalue weighted by Gasteiger charge is -2.49. The molecule has 2 aliphatic carbocycles. The van der Waals surface area contributed by atoms with Crippen LogP contribution in [0.15, 0.2) is 0 Å². The van der Waals surface area contributed by atoms with Crippen LogP contribution in [-0.2, 0) is 0 Å². The second kappa shape index (κ2) is 7.51. The highest BCUT2D eigenvalue weighted by Gasteiger charge is 2.42. The predicted octanol–water partition coefficient (Wildman–Crippen LogP) is 7.08. The first-order chi connectivity index (χ1) is 9.91. The van der Waals surface area contributed by atoms with E-state index in [0.717, 1.165) is 29.6 Å². The molecular weight excluding hydrogens is 252 g/mol. The molecule has 0 nitrogen and oxygen atoms in total. The highest BCUT2D eigenvalue weighted by Crippen LogP contribution is 2.51. The van der Waals surface area contributed by atoms with Crippen molar-refractivity contribution in [3.05, 3.63) is 0 Å². The molecule has 0 amide bonds. The van der Waals surface area contributed by atoms with Crippen LogP contribution in [0.4, 0.5) is 0 Å². The molecule has 0 bridgehead atoms. The van der Waals surface area contributed by atoms with Crippen molar-refractivity contribution in [2.45, 2.75) is 98.8 Å². The standard InChI is InChI=1S/C21H40/c1-16(2)19(17-12-8-6-9-13-17)20(21(3,4)5)18-14-10-7-11-15-18/h16-20H,6-15H2,1-5H3/t19?,20-/m1/s1. The van der Waals surface area contributed by atoms with Crippen LogP contribution in [0.25, 0.3) is 0 Å². The van der Waals surface area contributed by atoms with Crippen LogP contribution in [-0.4, -0.2) is 0 Å². The Balaban J connectivity index is 2.21. The van der Waals surface area contributed by atoms with Crippen LogP contribution in [0.5, 0.6) is 0 Å². The molecule has 0 heterocycles. The molecule has 2 rings (SSSR count). The van der Waals surface area contributed by atoms with E-state index in [4.69, 9.17) is 0 Å². The third-order valence-electron chi connectivity index (χ3n) is 6.54. The van der Waals surface area contributed by atoms with E-state index in [1.165, 1.54) is 64.2 Å². The van der Waals surface area contributed by atoms with Crippen LogP contribution in [0.3, 0.4) is 0 Å². The van der Waals surface area contributed by atoms with Gasteiger partial charge in [0.2, 0.25) is 0 Å². The van der Waals surface area contributed by atoms with Gasteiger partial charge in [-0.25, -0.2) is 0 Å². The van der Waals surface area contributed by atoms with Gasteiger partial charge in [0.15, 0.2) is 0 Å². The molecule has 124 valence electrons. The summed E-state index contributed by atoms with van der Waals surface area (Å²) in [6, 6.07) is 0. The molecule has 0 radical (unpaired) electrons. The third-order valence-corrected chi connectivity index (χ3v) is 6.54. The maximum Gasteiger partial charge on any atom is -0.0303 e. The summed E-state index contributed by atoms with van der Waals surface area (Å²) >= 11 is 0. The van der Waals surface area contributed by atoms with Crippen LogP contribution in [0.2, 0.25) is 0 Å². The Bertz CT molecular complexity index is 284. The van der Waals surface area contributed by atoms with Gasteiger partial charge in [-0.2, -0.15) is 0 Å². The first-order valence-electron chi connectivity index (χ1n) is 9.91. The third kappa shape index (κ3) is 4.49. The largest absolute Gasteiger partial charge is 0.0625 e. The molecule has 0 aliphatic heterocycles. The van der Waals surface area contributed by atoms with Crippen molar-refractivity contribution in [3.8, 4) is 0 Å². The minimum atomic E-state index is 0.481. The molecule has 2 atom stereocenters. The van der Waals surface area contributed by atoms with Crippen molar-refractivity contribution in [1.29, 1.82) is 0 Å². The monoisotopic (exact) mass is 292 g/mol. The highest BCUT2D eigenvalue weighted by atomic mass is 14.5. The molecule has 0 spiro atoms. The summed E-state index contributed by atoms with van der Waals surface area (Å²) < 4.78 is 0. The molecule has 2 saturated carbocycles. The van der Waals surface area contributed by atoms with Crippen LogP contribution in [0.1, 0.15) is 98.8 Å². The SMILES string of the molecule is CC(C)C(C1CCCCC1)[C@@H](C1CCCCC1)C(C)(C)C. The molecule has 1 unspecified atom stereocenters. The molecule has 2 fully saturated rings. The van der Waals surface area contributed by atoms with Crippen LogP contribution >= 0.6 is 0 Å². The van der Waals surface area contributed by atoms with Crippen molar-refractivity contribution < 1.29 is 0 Å². The number of hydrogen-bond acceptors (Lipinski definition) is 0. The van der Waals surface area contributed by atoms with Crippen LogP contribution in [0, 0.1) is 35.0 Å². The van der Waals surface area contributed by atoms with Gasteiger partial charge in [-0.15, -0.1) is 0 Å². The average Bonchev–Trinajstić information content (AvgIpc) is 2.44. The average molecular weight is 293 g/mol. The van der Waals surface area contributed by atoms with Crippen molar-refractivity contribution in [2.24, 2.45) is 35.0 Å². The Hall–Kier alpha value is 0. The fourth-order valence-electron chi connectivity index (χ4n) is 5.86. The van der Waals surface area contributed by atoms with E-state index in [1.807, 2.05) is 0 Å². The van der Waals surface area contributed by atoms with Gasteiger partial charge in [-0.3, -0.25) is 0 Å². The second-order valence-electron chi connectivity index (χ2n) is 9.51. The highest BCUT2D eigenvalue weighted by molar-refractivity contribution is 4.92. The topological polar surface area (TPSA) is 0 Å². The summed E-state index contributed by atoms with van der Waals surface area (Å²) in [4.78, 5) is 0. The zero-order valence-corrected chi connectivity index (χ0v) is 15.5. The molecule has 2 aliphatic rings. The molecule has 21 heavy (non-hydrogen) atoms. The quantitative estimate of drug-likeness (QED) is 0.519. The Morgan fingerprint density at radius 1 is 0.667 bits per heavy atom. The Morgan fingerprint density at radius 3 is 1.48 bits per heavy atom. The molecule has 0 aromatic carbocycles. The lowest BCUT2D eigenvalue weighted by atomic mass is 9.56. The van der Waals surface area contributed by atoms with Gasteiger partial charge in [0.1, 0.15) is 0 Å². The fourth-order valence-corrected chi connectivity index (χ4v) is 5.86. The van der Waals surface area contributed by atoms with Gasteiger partial charge in [0.05, 0.1) is 0 Å².